The number of rotatable bonds is 6. The molecule has 0 aliphatic carbocycles. The van der Waals surface area contributed by atoms with Gasteiger partial charge in [0.15, 0.2) is 6.67 Å². The first-order chi connectivity index (χ1) is 13.7. The summed E-state index contributed by atoms with van der Waals surface area (Å²) < 4.78 is 15.1. The summed E-state index contributed by atoms with van der Waals surface area (Å²) in [6, 6.07) is 16.1. The van der Waals surface area contributed by atoms with Crippen molar-refractivity contribution in [3.8, 4) is 17.2 Å². The van der Waals surface area contributed by atoms with E-state index in [1.54, 1.807) is 18.9 Å². The molecule has 2 atom stereocenters. The summed E-state index contributed by atoms with van der Waals surface area (Å²) in [5, 5.41) is 8.56. The minimum Gasteiger partial charge on any atom is -0.497 e. The van der Waals surface area contributed by atoms with Crippen LogP contribution in [0.2, 0.25) is 0 Å². The number of nitrogens with zero attached hydrogens (tertiary/aromatic N) is 4. The number of ether oxygens (including phenoxy) is 2. The van der Waals surface area contributed by atoms with E-state index < -0.39 is 0 Å². The van der Waals surface area contributed by atoms with E-state index in [0.29, 0.717) is 17.5 Å². The molecule has 146 valence electrons. The summed E-state index contributed by atoms with van der Waals surface area (Å²) in [5.74, 6) is 1.73. The van der Waals surface area contributed by atoms with Gasteiger partial charge in [-0.05, 0) is 53.0 Å². The first-order valence-corrected chi connectivity index (χ1v) is 9.77. The van der Waals surface area contributed by atoms with Crippen LogP contribution < -0.4 is 14.4 Å². The number of aromatic nitrogens is 4. The summed E-state index contributed by atoms with van der Waals surface area (Å²) in [6.45, 7) is 1.71. The molecule has 1 aliphatic rings. The van der Waals surface area contributed by atoms with Gasteiger partial charge in [-0.3, -0.25) is 0 Å². The summed E-state index contributed by atoms with van der Waals surface area (Å²) in [6.07, 6.45) is 2.22. The number of tetrazole rings is 1. The maximum absolute atomic E-state index is 5.63. The summed E-state index contributed by atoms with van der Waals surface area (Å²) in [4.78, 5) is 1.39. The molecule has 3 aromatic rings. The van der Waals surface area contributed by atoms with E-state index in [0.717, 1.165) is 42.1 Å². The quantitative estimate of drug-likeness (QED) is 0.645. The van der Waals surface area contributed by atoms with Crippen LogP contribution in [0.1, 0.15) is 24.4 Å². The van der Waals surface area contributed by atoms with Crippen molar-refractivity contribution >= 4 is 12.2 Å². The molecule has 0 bridgehead atoms. The van der Waals surface area contributed by atoms with Crippen molar-refractivity contribution in [3.63, 3.8) is 0 Å². The van der Waals surface area contributed by atoms with Gasteiger partial charge >= 0.3 is 0 Å². The number of hydrogen-bond acceptors (Lipinski definition) is 5. The van der Waals surface area contributed by atoms with Crippen molar-refractivity contribution in [1.82, 2.24) is 19.8 Å². The standard InChI is InChI=1S/C20H23N5O2S/c1-26-16-10-11-19(27-2)17(13-16)18-9-6-12-23(18)14-24-20(28)25(22-21-24)15-7-4-3-5-8-15/h3-5,7-8,10-11,13,18H,6,9,12,14H2,1-2H3/p+1/t18-/m0/s1. The zero-order valence-corrected chi connectivity index (χ0v) is 16.9. The lowest BCUT2D eigenvalue weighted by Crippen LogP contribution is -3.09. The zero-order chi connectivity index (χ0) is 19.5. The predicted molar refractivity (Wildman–Crippen MR) is 108 cm³/mol. The van der Waals surface area contributed by atoms with Crippen molar-refractivity contribution in [1.29, 1.82) is 0 Å². The zero-order valence-electron chi connectivity index (χ0n) is 16.0. The third-order valence-corrected chi connectivity index (χ3v) is 5.67. The second kappa shape index (κ2) is 8.12. The SMILES string of the molecule is COc1ccc(OC)c([C@@H]2CCC[NH+]2Cn2nnn(-c3ccccc3)c2=S)c1. The van der Waals surface area contributed by atoms with Crippen LogP contribution in [0.25, 0.3) is 5.69 Å². The molecule has 0 spiro atoms. The van der Waals surface area contributed by atoms with Crippen LogP contribution in [0, 0.1) is 4.77 Å². The number of hydrogen-bond donors (Lipinski definition) is 1. The fourth-order valence-corrected chi connectivity index (χ4v) is 4.13. The number of quaternary nitrogens is 1. The van der Waals surface area contributed by atoms with Crippen LogP contribution in [0.15, 0.2) is 48.5 Å². The monoisotopic (exact) mass is 398 g/mol. The lowest BCUT2D eigenvalue weighted by atomic mass is 10.0. The molecule has 1 aliphatic heterocycles. The summed E-state index contributed by atoms with van der Waals surface area (Å²) in [5.41, 5.74) is 2.08. The Balaban J connectivity index is 1.61. The number of methoxy groups -OCH3 is 2. The largest absolute Gasteiger partial charge is 0.497 e. The highest BCUT2D eigenvalue weighted by Crippen LogP contribution is 2.31. The average Bonchev–Trinajstić information content (AvgIpc) is 3.35. The molecule has 1 fully saturated rings. The fraction of sp³-hybridized carbons (Fsp3) is 0.350. The van der Waals surface area contributed by atoms with Gasteiger partial charge in [0, 0.05) is 12.8 Å². The molecule has 7 nitrogen and oxygen atoms in total. The van der Waals surface area contributed by atoms with E-state index in [2.05, 4.69) is 16.5 Å². The number of likely N-dealkylation sites (tertiary alicyclic amines) is 1. The molecule has 0 saturated carbocycles. The van der Waals surface area contributed by atoms with Gasteiger partial charge in [0.25, 0.3) is 0 Å². The van der Waals surface area contributed by atoms with E-state index in [1.165, 1.54) is 4.90 Å². The van der Waals surface area contributed by atoms with Crippen molar-refractivity contribution in [2.45, 2.75) is 25.6 Å². The number of benzene rings is 2. The highest BCUT2D eigenvalue weighted by atomic mass is 32.1. The predicted octanol–water partition coefficient (Wildman–Crippen LogP) is 2.19. The van der Waals surface area contributed by atoms with Crippen molar-refractivity contribution in [2.75, 3.05) is 20.8 Å². The third kappa shape index (κ3) is 3.53. The van der Waals surface area contributed by atoms with Crippen LogP contribution in [0.4, 0.5) is 0 Å². The van der Waals surface area contributed by atoms with E-state index in [-0.39, 0.29) is 0 Å². The van der Waals surface area contributed by atoms with Crippen LogP contribution in [0.5, 0.6) is 11.5 Å². The lowest BCUT2D eigenvalue weighted by molar-refractivity contribution is -0.941. The second-order valence-corrected chi connectivity index (χ2v) is 7.24. The van der Waals surface area contributed by atoms with Crippen molar-refractivity contribution < 1.29 is 14.4 Å². The Morgan fingerprint density at radius 1 is 1.11 bits per heavy atom. The molecular formula is C20H24N5O2S+. The van der Waals surface area contributed by atoms with Crippen molar-refractivity contribution in [2.24, 2.45) is 0 Å². The van der Waals surface area contributed by atoms with Gasteiger partial charge in [-0.25, -0.2) is 0 Å². The first-order valence-electron chi connectivity index (χ1n) is 9.36. The van der Waals surface area contributed by atoms with Gasteiger partial charge in [-0.2, -0.15) is 9.36 Å². The minimum atomic E-state index is 0.300. The molecule has 2 heterocycles. The molecule has 1 unspecified atom stereocenters. The Morgan fingerprint density at radius 2 is 1.93 bits per heavy atom. The average molecular weight is 399 g/mol. The van der Waals surface area contributed by atoms with Crippen LogP contribution in [0.3, 0.4) is 0 Å². The third-order valence-electron chi connectivity index (χ3n) is 5.29. The second-order valence-electron chi connectivity index (χ2n) is 6.88. The van der Waals surface area contributed by atoms with Gasteiger partial charge in [0.1, 0.15) is 17.5 Å². The van der Waals surface area contributed by atoms with Gasteiger partial charge in [-0.15, -0.1) is 0 Å². The van der Waals surface area contributed by atoms with E-state index in [1.807, 2.05) is 47.1 Å². The van der Waals surface area contributed by atoms with Crippen LogP contribution in [-0.2, 0) is 6.67 Å². The van der Waals surface area contributed by atoms with E-state index >= 15 is 0 Å². The fourth-order valence-electron chi connectivity index (χ4n) is 3.89. The minimum absolute atomic E-state index is 0.300. The molecule has 1 N–H and O–H groups in total. The molecule has 28 heavy (non-hydrogen) atoms. The number of para-hydroxylation sites is 1. The first kappa shape index (κ1) is 18.6. The maximum Gasteiger partial charge on any atom is 0.225 e. The number of nitrogens with one attached hydrogen (secondary N) is 1. The Hall–Kier alpha value is -2.71. The Bertz CT molecular complexity index is 1000. The highest BCUT2D eigenvalue weighted by Gasteiger charge is 2.33. The molecular weight excluding hydrogens is 374 g/mol. The molecule has 2 aromatic carbocycles. The lowest BCUT2D eigenvalue weighted by Gasteiger charge is -2.23. The molecule has 8 heteroatoms. The van der Waals surface area contributed by atoms with Crippen molar-refractivity contribution in [3.05, 3.63) is 58.9 Å². The Labute approximate surface area is 169 Å². The summed E-state index contributed by atoms with van der Waals surface area (Å²) >= 11 is 5.63. The van der Waals surface area contributed by atoms with E-state index in [4.69, 9.17) is 21.7 Å². The topological polar surface area (TPSA) is 58.5 Å². The molecule has 1 saturated heterocycles. The molecule has 0 amide bonds. The van der Waals surface area contributed by atoms with E-state index in [9.17, 15) is 0 Å². The van der Waals surface area contributed by atoms with Crippen LogP contribution in [-0.4, -0.2) is 40.6 Å². The van der Waals surface area contributed by atoms with Gasteiger partial charge < -0.3 is 14.4 Å². The smallest absolute Gasteiger partial charge is 0.225 e. The highest BCUT2D eigenvalue weighted by molar-refractivity contribution is 7.71. The van der Waals surface area contributed by atoms with Gasteiger partial charge in [0.05, 0.1) is 32.0 Å². The Morgan fingerprint density at radius 3 is 2.68 bits per heavy atom. The summed E-state index contributed by atoms with van der Waals surface area (Å²) in [7, 11) is 3.40. The maximum atomic E-state index is 5.63. The van der Waals surface area contributed by atoms with Gasteiger partial charge in [-0.1, -0.05) is 18.2 Å². The van der Waals surface area contributed by atoms with Gasteiger partial charge in [0.2, 0.25) is 4.77 Å². The molecule has 1 aromatic heterocycles. The normalized spacial score (nSPS) is 18.9. The molecule has 4 rings (SSSR count). The Kier molecular flexibility index (Phi) is 5.40. The van der Waals surface area contributed by atoms with Crippen LogP contribution >= 0.6 is 12.2 Å². The molecule has 0 radical (unpaired) electrons.